The summed E-state index contributed by atoms with van der Waals surface area (Å²) in [6, 6.07) is 6.15. The highest BCUT2D eigenvalue weighted by Crippen LogP contribution is 2.16. The Kier molecular flexibility index (Phi) is 8.21. The molecule has 4 nitrogen and oxygen atoms in total. The fraction of sp³-hybridized carbons (Fsp3) is 0.600. The number of benzene rings is 1. The van der Waals surface area contributed by atoms with Crippen molar-refractivity contribution < 1.29 is 14.2 Å². The third kappa shape index (κ3) is 7.15. The highest BCUT2D eigenvalue weighted by Gasteiger charge is 1.97. The quantitative estimate of drug-likeness (QED) is 0.659. The lowest BCUT2D eigenvalue weighted by Crippen LogP contribution is -2.12. The zero-order chi connectivity index (χ0) is 13.9. The van der Waals surface area contributed by atoms with Crippen LogP contribution in [-0.4, -0.2) is 39.6 Å². The van der Waals surface area contributed by atoms with E-state index in [-0.39, 0.29) is 0 Å². The molecule has 108 valence electrons. The van der Waals surface area contributed by atoms with E-state index in [1.165, 1.54) is 11.1 Å². The van der Waals surface area contributed by atoms with E-state index >= 15 is 0 Å². The molecule has 0 atom stereocenters. The van der Waals surface area contributed by atoms with E-state index in [0.717, 1.165) is 12.2 Å². The second kappa shape index (κ2) is 9.78. The molecule has 0 aliphatic rings. The van der Waals surface area contributed by atoms with Crippen LogP contribution in [0.4, 0.5) is 0 Å². The van der Waals surface area contributed by atoms with E-state index in [4.69, 9.17) is 19.9 Å². The van der Waals surface area contributed by atoms with Crippen LogP contribution in [0.2, 0.25) is 0 Å². The summed E-state index contributed by atoms with van der Waals surface area (Å²) < 4.78 is 16.3. The smallest absolute Gasteiger partial charge is 0.119 e. The zero-order valence-electron chi connectivity index (χ0n) is 12.0. The molecule has 0 unspecified atom stereocenters. The predicted molar refractivity (Wildman–Crippen MR) is 76.7 cm³/mol. The molecule has 0 radical (unpaired) electrons. The average Bonchev–Trinajstić information content (AvgIpc) is 2.41. The van der Waals surface area contributed by atoms with Crippen LogP contribution < -0.4 is 10.5 Å². The molecular formula is C15H25NO3. The Morgan fingerprint density at radius 3 is 2.32 bits per heavy atom. The minimum absolute atomic E-state index is 0.559. The lowest BCUT2D eigenvalue weighted by Gasteiger charge is -2.09. The molecule has 0 saturated carbocycles. The molecule has 0 fully saturated rings. The Morgan fingerprint density at radius 2 is 1.63 bits per heavy atom. The van der Waals surface area contributed by atoms with Crippen LogP contribution in [-0.2, 0) is 9.47 Å². The normalized spacial score (nSPS) is 10.7. The van der Waals surface area contributed by atoms with Crippen molar-refractivity contribution in [2.24, 2.45) is 5.73 Å². The van der Waals surface area contributed by atoms with Crippen molar-refractivity contribution >= 4 is 0 Å². The fourth-order valence-electron chi connectivity index (χ4n) is 1.56. The van der Waals surface area contributed by atoms with E-state index in [2.05, 4.69) is 26.0 Å². The maximum absolute atomic E-state index is 5.66. The van der Waals surface area contributed by atoms with Crippen LogP contribution in [0.5, 0.6) is 5.75 Å². The third-order valence-electron chi connectivity index (χ3n) is 2.81. The van der Waals surface area contributed by atoms with E-state index in [9.17, 15) is 0 Å². The van der Waals surface area contributed by atoms with Crippen molar-refractivity contribution in [3.05, 3.63) is 29.3 Å². The molecule has 1 aromatic rings. The number of rotatable bonds is 10. The van der Waals surface area contributed by atoms with Crippen LogP contribution in [0.25, 0.3) is 0 Å². The van der Waals surface area contributed by atoms with E-state index in [1.54, 1.807) is 0 Å². The number of ether oxygens (including phenoxy) is 3. The molecule has 4 heteroatoms. The van der Waals surface area contributed by atoms with Gasteiger partial charge < -0.3 is 19.9 Å². The number of aryl methyl sites for hydroxylation is 2. The van der Waals surface area contributed by atoms with Gasteiger partial charge in [-0.05, 0) is 37.1 Å². The number of hydrogen-bond acceptors (Lipinski definition) is 4. The number of hydrogen-bond donors (Lipinski definition) is 1. The van der Waals surface area contributed by atoms with Crippen LogP contribution in [0, 0.1) is 13.8 Å². The Balaban J connectivity index is 2.00. The standard InChI is InChI=1S/C15H25NO3/c1-13-4-5-15(12-14(13)2)19-8-3-7-17-10-11-18-9-6-16/h4-5,12H,3,6-11,16H2,1-2H3. The van der Waals surface area contributed by atoms with Gasteiger partial charge in [-0.3, -0.25) is 0 Å². The van der Waals surface area contributed by atoms with Crippen LogP contribution in [0.3, 0.4) is 0 Å². The maximum atomic E-state index is 5.66. The molecule has 0 aromatic heterocycles. The molecule has 0 aliphatic carbocycles. The van der Waals surface area contributed by atoms with Crippen molar-refractivity contribution in [1.29, 1.82) is 0 Å². The Labute approximate surface area is 115 Å². The second-order valence-corrected chi connectivity index (χ2v) is 4.46. The fourth-order valence-corrected chi connectivity index (χ4v) is 1.56. The van der Waals surface area contributed by atoms with Gasteiger partial charge in [0.25, 0.3) is 0 Å². The van der Waals surface area contributed by atoms with E-state index in [1.807, 2.05) is 6.07 Å². The van der Waals surface area contributed by atoms with Gasteiger partial charge in [-0.15, -0.1) is 0 Å². The molecular weight excluding hydrogens is 242 g/mol. The first-order valence-corrected chi connectivity index (χ1v) is 6.79. The van der Waals surface area contributed by atoms with Crippen molar-refractivity contribution in [2.75, 3.05) is 39.6 Å². The largest absolute Gasteiger partial charge is 0.493 e. The molecule has 19 heavy (non-hydrogen) atoms. The van der Waals surface area contributed by atoms with E-state index in [0.29, 0.717) is 39.6 Å². The first kappa shape index (κ1) is 16.0. The monoisotopic (exact) mass is 267 g/mol. The summed E-state index contributed by atoms with van der Waals surface area (Å²) >= 11 is 0. The summed E-state index contributed by atoms with van der Waals surface area (Å²) in [7, 11) is 0. The van der Waals surface area contributed by atoms with Crippen molar-refractivity contribution in [3.8, 4) is 5.75 Å². The number of nitrogens with two attached hydrogens (primary N) is 1. The Morgan fingerprint density at radius 1 is 0.895 bits per heavy atom. The van der Waals surface area contributed by atoms with Crippen LogP contribution in [0.1, 0.15) is 17.5 Å². The first-order chi connectivity index (χ1) is 9.24. The Hall–Kier alpha value is -1.10. The predicted octanol–water partition coefficient (Wildman–Crippen LogP) is 2.06. The summed E-state index contributed by atoms with van der Waals surface area (Å²) in [6.45, 7) is 7.93. The highest BCUT2D eigenvalue weighted by molar-refractivity contribution is 5.33. The second-order valence-electron chi connectivity index (χ2n) is 4.46. The molecule has 0 amide bonds. The van der Waals surface area contributed by atoms with Crippen molar-refractivity contribution in [2.45, 2.75) is 20.3 Å². The van der Waals surface area contributed by atoms with Crippen molar-refractivity contribution in [1.82, 2.24) is 0 Å². The van der Waals surface area contributed by atoms with Gasteiger partial charge in [0.05, 0.1) is 26.4 Å². The minimum atomic E-state index is 0.559. The van der Waals surface area contributed by atoms with Gasteiger partial charge in [0.1, 0.15) is 5.75 Å². The van der Waals surface area contributed by atoms with Crippen LogP contribution >= 0.6 is 0 Å². The van der Waals surface area contributed by atoms with Gasteiger partial charge >= 0.3 is 0 Å². The van der Waals surface area contributed by atoms with Crippen LogP contribution in [0.15, 0.2) is 18.2 Å². The minimum Gasteiger partial charge on any atom is -0.493 e. The molecule has 0 saturated heterocycles. The summed E-state index contributed by atoms with van der Waals surface area (Å²) in [4.78, 5) is 0. The van der Waals surface area contributed by atoms with Gasteiger partial charge in [-0.2, -0.15) is 0 Å². The van der Waals surface area contributed by atoms with Gasteiger partial charge in [0.2, 0.25) is 0 Å². The Bertz CT molecular complexity index is 355. The molecule has 1 rings (SSSR count). The highest BCUT2D eigenvalue weighted by atomic mass is 16.5. The zero-order valence-corrected chi connectivity index (χ0v) is 12.0. The third-order valence-corrected chi connectivity index (χ3v) is 2.81. The van der Waals surface area contributed by atoms with E-state index < -0.39 is 0 Å². The molecule has 1 aromatic carbocycles. The molecule has 0 spiro atoms. The topological polar surface area (TPSA) is 53.7 Å². The maximum Gasteiger partial charge on any atom is 0.119 e. The lowest BCUT2D eigenvalue weighted by molar-refractivity contribution is 0.0463. The summed E-state index contributed by atoms with van der Waals surface area (Å²) in [5.41, 5.74) is 7.84. The summed E-state index contributed by atoms with van der Waals surface area (Å²) in [6.07, 6.45) is 0.879. The average molecular weight is 267 g/mol. The summed E-state index contributed by atoms with van der Waals surface area (Å²) in [5.74, 6) is 0.925. The lowest BCUT2D eigenvalue weighted by atomic mass is 10.1. The SMILES string of the molecule is Cc1ccc(OCCCOCCOCCN)cc1C. The van der Waals surface area contributed by atoms with Gasteiger partial charge in [0.15, 0.2) is 0 Å². The van der Waals surface area contributed by atoms with Gasteiger partial charge in [0, 0.05) is 19.6 Å². The first-order valence-electron chi connectivity index (χ1n) is 6.79. The molecule has 0 bridgehead atoms. The summed E-state index contributed by atoms with van der Waals surface area (Å²) in [5, 5.41) is 0. The van der Waals surface area contributed by atoms with Gasteiger partial charge in [-0.25, -0.2) is 0 Å². The van der Waals surface area contributed by atoms with Crippen molar-refractivity contribution in [3.63, 3.8) is 0 Å². The van der Waals surface area contributed by atoms with Gasteiger partial charge in [-0.1, -0.05) is 6.07 Å². The molecule has 2 N–H and O–H groups in total. The molecule has 0 heterocycles. The molecule has 0 aliphatic heterocycles.